The Bertz CT molecular complexity index is 3460. The lowest BCUT2D eigenvalue weighted by Crippen LogP contribution is -2.17. The van der Waals surface area contributed by atoms with Crippen LogP contribution in [0.15, 0.2) is 179 Å². The summed E-state index contributed by atoms with van der Waals surface area (Å²) >= 11 is 0. The number of anilines is 6. The first-order chi connectivity index (χ1) is 32.7. The van der Waals surface area contributed by atoms with Crippen LogP contribution in [0, 0.1) is 0 Å². The highest BCUT2D eigenvalue weighted by atomic mass is 16.3. The van der Waals surface area contributed by atoms with Crippen LogP contribution >= 0.6 is 0 Å². The van der Waals surface area contributed by atoms with Gasteiger partial charge in [-0.15, -0.1) is 0 Å². The summed E-state index contributed by atoms with van der Waals surface area (Å²) in [4.78, 5) is 4.96. The van der Waals surface area contributed by atoms with Gasteiger partial charge in [-0.25, -0.2) is 0 Å². The standard InChI is InChI=1S/C64H60N2O2/c1-39(2)41-25-31-45(32-26-41)65(55-21-15-19-51-47-17-11-13-23-57(47)67-61(51)55)59-49-35-29-44(64(8,9)10)38-54(49)60(50-36-30-43(37-53(50)59)63(5,6)7)66(46-33-27-42(28-34-46)40(3)4)56-22-16-20-52-48-18-12-14-24-58(48)68-62(52)56/h11-40H,1-10H3. The monoisotopic (exact) mass is 888 g/mol. The lowest BCUT2D eigenvalue weighted by atomic mass is 9.82. The number of para-hydroxylation sites is 4. The maximum Gasteiger partial charge on any atom is 0.159 e. The van der Waals surface area contributed by atoms with Crippen molar-refractivity contribution in [3.8, 4) is 0 Å². The Kier molecular flexibility index (Phi) is 10.3. The van der Waals surface area contributed by atoms with Gasteiger partial charge < -0.3 is 18.6 Å². The second kappa shape index (κ2) is 16.2. The molecule has 0 bridgehead atoms. The Morgan fingerprint density at radius 2 is 0.721 bits per heavy atom. The summed E-state index contributed by atoms with van der Waals surface area (Å²) in [5, 5.41) is 8.94. The van der Waals surface area contributed by atoms with Gasteiger partial charge in [0.05, 0.1) is 22.7 Å². The molecule has 0 radical (unpaired) electrons. The minimum Gasteiger partial charge on any atom is -0.454 e. The van der Waals surface area contributed by atoms with Crippen LogP contribution in [0.5, 0.6) is 0 Å². The topological polar surface area (TPSA) is 32.8 Å². The van der Waals surface area contributed by atoms with E-state index in [1.165, 1.54) is 22.3 Å². The van der Waals surface area contributed by atoms with Crippen LogP contribution in [-0.2, 0) is 10.8 Å². The smallest absolute Gasteiger partial charge is 0.159 e. The molecule has 0 atom stereocenters. The second-order valence-electron chi connectivity index (χ2n) is 21.4. The van der Waals surface area contributed by atoms with Crippen molar-refractivity contribution in [1.82, 2.24) is 0 Å². The Labute approximate surface area is 400 Å². The average Bonchev–Trinajstić information content (AvgIpc) is 3.91. The van der Waals surface area contributed by atoms with E-state index < -0.39 is 0 Å². The molecule has 11 rings (SSSR count). The zero-order valence-corrected chi connectivity index (χ0v) is 41.0. The van der Waals surface area contributed by atoms with E-state index in [0.29, 0.717) is 11.8 Å². The predicted molar refractivity (Wildman–Crippen MR) is 291 cm³/mol. The van der Waals surface area contributed by atoms with Crippen molar-refractivity contribution in [2.75, 3.05) is 9.80 Å². The third-order valence-electron chi connectivity index (χ3n) is 14.1. The summed E-state index contributed by atoms with van der Waals surface area (Å²) < 4.78 is 13.9. The van der Waals surface area contributed by atoms with E-state index in [1.807, 2.05) is 0 Å². The third kappa shape index (κ3) is 7.20. The summed E-state index contributed by atoms with van der Waals surface area (Å²) in [5.41, 5.74) is 14.6. The van der Waals surface area contributed by atoms with Crippen LogP contribution in [-0.4, -0.2) is 0 Å². The molecule has 2 heterocycles. The third-order valence-corrected chi connectivity index (χ3v) is 14.1. The van der Waals surface area contributed by atoms with Gasteiger partial charge in [-0.05, 0) is 106 Å². The summed E-state index contributed by atoms with van der Waals surface area (Å²) in [7, 11) is 0. The largest absolute Gasteiger partial charge is 0.454 e. The number of nitrogens with zero attached hydrogens (tertiary/aromatic N) is 2. The Balaban J connectivity index is 1.34. The molecule has 4 nitrogen and oxygen atoms in total. The summed E-state index contributed by atoms with van der Waals surface area (Å²) in [6, 6.07) is 62.7. The van der Waals surface area contributed by atoms with Gasteiger partial charge in [0, 0.05) is 54.5 Å². The number of rotatable bonds is 8. The van der Waals surface area contributed by atoms with Gasteiger partial charge in [0.2, 0.25) is 0 Å². The molecule has 4 heteroatoms. The van der Waals surface area contributed by atoms with Gasteiger partial charge in [-0.1, -0.05) is 178 Å². The fourth-order valence-electron chi connectivity index (χ4n) is 10.2. The summed E-state index contributed by atoms with van der Waals surface area (Å²) in [6.07, 6.45) is 0. The van der Waals surface area contributed by atoms with Crippen molar-refractivity contribution >= 4 is 99.5 Å². The molecule has 0 saturated heterocycles. The maximum absolute atomic E-state index is 6.94. The van der Waals surface area contributed by atoms with Crippen LogP contribution in [0.4, 0.5) is 34.1 Å². The number of benzene rings is 9. The van der Waals surface area contributed by atoms with Crippen molar-refractivity contribution in [3.63, 3.8) is 0 Å². The van der Waals surface area contributed by atoms with Gasteiger partial charge in [0.25, 0.3) is 0 Å². The van der Waals surface area contributed by atoms with E-state index in [-0.39, 0.29) is 10.8 Å². The first kappa shape index (κ1) is 43.3. The highest BCUT2D eigenvalue weighted by Gasteiger charge is 2.31. The molecule has 68 heavy (non-hydrogen) atoms. The molecule has 0 N–H and O–H groups in total. The van der Waals surface area contributed by atoms with Crippen molar-refractivity contribution in [3.05, 3.63) is 192 Å². The van der Waals surface area contributed by atoms with Crippen LogP contribution in [0.1, 0.15) is 103 Å². The molecule has 338 valence electrons. The molecule has 0 aliphatic rings. The van der Waals surface area contributed by atoms with Crippen molar-refractivity contribution in [2.24, 2.45) is 0 Å². The van der Waals surface area contributed by atoms with E-state index in [4.69, 9.17) is 8.83 Å². The zero-order valence-electron chi connectivity index (χ0n) is 41.0. The molecule has 0 saturated carbocycles. The maximum atomic E-state index is 6.94. The van der Waals surface area contributed by atoms with Gasteiger partial charge in [-0.3, -0.25) is 0 Å². The van der Waals surface area contributed by atoms with Crippen molar-refractivity contribution in [1.29, 1.82) is 0 Å². The molecule has 0 spiro atoms. The highest BCUT2D eigenvalue weighted by Crippen LogP contribution is 2.55. The minimum absolute atomic E-state index is 0.134. The first-order valence-electron chi connectivity index (χ1n) is 24.3. The molecule has 9 aromatic carbocycles. The molecule has 0 unspecified atom stereocenters. The fourth-order valence-corrected chi connectivity index (χ4v) is 10.2. The quantitative estimate of drug-likeness (QED) is 0.112. The lowest BCUT2D eigenvalue weighted by Gasteiger charge is -2.34. The van der Waals surface area contributed by atoms with Gasteiger partial charge in [0.15, 0.2) is 11.2 Å². The number of hydrogen-bond acceptors (Lipinski definition) is 4. The van der Waals surface area contributed by atoms with Crippen LogP contribution in [0.2, 0.25) is 0 Å². The van der Waals surface area contributed by atoms with Crippen LogP contribution in [0.25, 0.3) is 65.4 Å². The summed E-state index contributed by atoms with van der Waals surface area (Å²) in [5.74, 6) is 0.776. The predicted octanol–water partition coefficient (Wildman–Crippen LogP) is 19.6. The highest BCUT2D eigenvalue weighted by molar-refractivity contribution is 6.25. The molecule has 2 aromatic heterocycles. The zero-order chi connectivity index (χ0) is 47.2. The first-order valence-corrected chi connectivity index (χ1v) is 24.3. The van der Waals surface area contributed by atoms with Gasteiger partial charge in [0.1, 0.15) is 11.2 Å². The Morgan fingerprint density at radius 3 is 1.09 bits per heavy atom. The second-order valence-corrected chi connectivity index (χ2v) is 21.4. The number of fused-ring (bicyclic) bond motifs is 8. The Hall–Kier alpha value is -7.30. The molecule has 11 aromatic rings. The molecular formula is C64H60N2O2. The van der Waals surface area contributed by atoms with E-state index >= 15 is 0 Å². The normalized spacial score (nSPS) is 12.5. The number of furan rings is 2. The van der Waals surface area contributed by atoms with Gasteiger partial charge >= 0.3 is 0 Å². The minimum atomic E-state index is -0.134. The summed E-state index contributed by atoms with van der Waals surface area (Å²) in [6.45, 7) is 22.9. The molecule has 0 fully saturated rings. The fraction of sp³-hybridized carbons (Fsp3) is 0.219. The molecule has 0 amide bonds. The SMILES string of the molecule is CC(C)c1ccc(N(c2c3ccc(C(C)(C)C)cc3c(N(c3ccc(C(C)C)cc3)c3cccc4c3oc3ccccc34)c3ccc(C(C)(C)C)cc23)c2cccc3c2oc2ccccc23)cc1. The average molecular weight is 889 g/mol. The van der Waals surface area contributed by atoms with Crippen molar-refractivity contribution < 1.29 is 8.83 Å². The molecular weight excluding hydrogens is 829 g/mol. The van der Waals surface area contributed by atoms with E-state index in [2.05, 4.69) is 249 Å². The lowest BCUT2D eigenvalue weighted by molar-refractivity contribution is 0.590. The molecule has 0 aliphatic heterocycles. The van der Waals surface area contributed by atoms with Crippen LogP contribution in [0.3, 0.4) is 0 Å². The van der Waals surface area contributed by atoms with E-state index in [9.17, 15) is 0 Å². The number of hydrogen-bond donors (Lipinski definition) is 0. The molecule has 0 aliphatic carbocycles. The Morgan fingerprint density at radius 1 is 0.353 bits per heavy atom. The van der Waals surface area contributed by atoms with E-state index in [1.54, 1.807) is 0 Å². The van der Waals surface area contributed by atoms with Crippen molar-refractivity contribution in [2.45, 2.75) is 91.9 Å². The van der Waals surface area contributed by atoms with E-state index in [0.717, 1.165) is 99.5 Å². The van der Waals surface area contributed by atoms with Gasteiger partial charge in [-0.2, -0.15) is 0 Å². The van der Waals surface area contributed by atoms with Crippen LogP contribution < -0.4 is 9.80 Å².